The summed E-state index contributed by atoms with van der Waals surface area (Å²) in [4.78, 5) is 20.8. The molecule has 0 saturated heterocycles. The summed E-state index contributed by atoms with van der Waals surface area (Å²) in [6, 6.07) is 9.89. The Morgan fingerprint density at radius 2 is 2.00 bits per heavy atom. The minimum absolute atomic E-state index is 0.164. The predicted octanol–water partition coefficient (Wildman–Crippen LogP) is 3.05. The van der Waals surface area contributed by atoms with Crippen LogP contribution in [0.5, 0.6) is 0 Å². The fraction of sp³-hybridized carbons (Fsp3) is 0.167. The van der Waals surface area contributed by atoms with Crippen LogP contribution in [0.2, 0.25) is 0 Å². The molecule has 0 saturated carbocycles. The van der Waals surface area contributed by atoms with Crippen LogP contribution in [0.4, 0.5) is 4.39 Å². The standard InChI is InChI=1S/C18H16FN3O/c1-12-16(10-14-11-20-8-7-17(14)22-12)18(23)21-9-6-13-2-4-15(19)5-3-13/h2-5,7-8,10-11H,6,9H2,1H3,(H,21,23). The van der Waals surface area contributed by atoms with Crippen LogP contribution in [-0.4, -0.2) is 22.4 Å². The first-order valence-corrected chi connectivity index (χ1v) is 7.37. The molecule has 0 radical (unpaired) electrons. The van der Waals surface area contributed by atoms with Crippen LogP contribution in [0, 0.1) is 12.7 Å². The lowest BCUT2D eigenvalue weighted by atomic mass is 10.1. The van der Waals surface area contributed by atoms with E-state index in [2.05, 4.69) is 15.3 Å². The molecule has 4 nitrogen and oxygen atoms in total. The molecule has 1 N–H and O–H groups in total. The van der Waals surface area contributed by atoms with Crippen LogP contribution in [0.15, 0.2) is 48.8 Å². The average molecular weight is 309 g/mol. The van der Waals surface area contributed by atoms with Gasteiger partial charge in [0.1, 0.15) is 5.82 Å². The van der Waals surface area contributed by atoms with Crippen molar-refractivity contribution >= 4 is 16.8 Å². The summed E-state index contributed by atoms with van der Waals surface area (Å²) in [5, 5.41) is 3.71. The van der Waals surface area contributed by atoms with Gasteiger partial charge in [0.15, 0.2) is 0 Å². The summed E-state index contributed by atoms with van der Waals surface area (Å²) in [6.45, 7) is 2.30. The Balaban J connectivity index is 1.68. The second-order valence-electron chi connectivity index (χ2n) is 5.32. The number of nitrogens with zero attached hydrogens (tertiary/aromatic N) is 2. The molecule has 116 valence electrons. The van der Waals surface area contributed by atoms with Crippen LogP contribution in [0.25, 0.3) is 10.9 Å². The number of carbonyl (C=O) groups excluding carboxylic acids is 1. The second-order valence-corrected chi connectivity index (χ2v) is 5.32. The van der Waals surface area contributed by atoms with Crippen LogP contribution >= 0.6 is 0 Å². The van der Waals surface area contributed by atoms with Gasteiger partial charge in [-0.3, -0.25) is 14.8 Å². The third kappa shape index (κ3) is 3.51. The zero-order chi connectivity index (χ0) is 16.2. The quantitative estimate of drug-likeness (QED) is 0.806. The van der Waals surface area contributed by atoms with E-state index in [9.17, 15) is 9.18 Å². The summed E-state index contributed by atoms with van der Waals surface area (Å²) in [5.74, 6) is -0.424. The van der Waals surface area contributed by atoms with E-state index in [1.807, 2.05) is 13.0 Å². The number of fused-ring (bicyclic) bond motifs is 1. The number of rotatable bonds is 4. The van der Waals surface area contributed by atoms with Crippen molar-refractivity contribution in [1.29, 1.82) is 0 Å². The predicted molar refractivity (Wildman–Crippen MR) is 86.7 cm³/mol. The first-order valence-electron chi connectivity index (χ1n) is 7.37. The van der Waals surface area contributed by atoms with Crippen LogP contribution in [0.3, 0.4) is 0 Å². The Morgan fingerprint density at radius 1 is 1.22 bits per heavy atom. The van der Waals surface area contributed by atoms with Gasteiger partial charge in [-0.25, -0.2) is 4.39 Å². The third-order valence-electron chi connectivity index (χ3n) is 3.66. The van der Waals surface area contributed by atoms with Gasteiger partial charge in [0.25, 0.3) is 5.91 Å². The third-order valence-corrected chi connectivity index (χ3v) is 3.66. The van der Waals surface area contributed by atoms with E-state index in [-0.39, 0.29) is 11.7 Å². The molecule has 5 heteroatoms. The highest BCUT2D eigenvalue weighted by atomic mass is 19.1. The highest BCUT2D eigenvalue weighted by Gasteiger charge is 2.11. The number of hydrogen-bond donors (Lipinski definition) is 1. The number of carbonyl (C=O) groups is 1. The number of halogens is 1. The highest BCUT2D eigenvalue weighted by molar-refractivity contribution is 5.98. The SMILES string of the molecule is Cc1nc2ccncc2cc1C(=O)NCCc1ccc(F)cc1. The van der Waals surface area contributed by atoms with E-state index < -0.39 is 0 Å². The Hall–Kier alpha value is -2.82. The molecular weight excluding hydrogens is 293 g/mol. The van der Waals surface area contributed by atoms with Crippen molar-refractivity contribution in [2.45, 2.75) is 13.3 Å². The normalized spacial score (nSPS) is 10.7. The highest BCUT2D eigenvalue weighted by Crippen LogP contribution is 2.15. The molecular formula is C18H16FN3O. The molecule has 0 aliphatic heterocycles. The van der Waals surface area contributed by atoms with Crippen molar-refractivity contribution in [3.63, 3.8) is 0 Å². The van der Waals surface area contributed by atoms with E-state index in [0.29, 0.717) is 24.2 Å². The largest absolute Gasteiger partial charge is 0.352 e. The van der Waals surface area contributed by atoms with Crippen molar-refractivity contribution in [2.24, 2.45) is 0 Å². The maximum Gasteiger partial charge on any atom is 0.253 e. The van der Waals surface area contributed by atoms with Gasteiger partial charge in [-0.15, -0.1) is 0 Å². The van der Waals surface area contributed by atoms with Crippen LogP contribution in [0.1, 0.15) is 21.6 Å². The molecule has 23 heavy (non-hydrogen) atoms. The lowest BCUT2D eigenvalue weighted by Gasteiger charge is -2.09. The first-order chi connectivity index (χ1) is 11.1. The summed E-state index contributed by atoms with van der Waals surface area (Å²) >= 11 is 0. The van der Waals surface area contributed by atoms with Crippen molar-refractivity contribution in [1.82, 2.24) is 15.3 Å². The van der Waals surface area contributed by atoms with Crippen molar-refractivity contribution in [2.75, 3.05) is 6.54 Å². The molecule has 0 bridgehead atoms. The lowest BCUT2D eigenvalue weighted by Crippen LogP contribution is -2.26. The van der Waals surface area contributed by atoms with Gasteiger partial charge in [-0.2, -0.15) is 0 Å². The molecule has 1 aromatic carbocycles. The van der Waals surface area contributed by atoms with Crippen molar-refractivity contribution in [3.05, 3.63) is 71.4 Å². The first kappa shape index (κ1) is 15.1. The monoisotopic (exact) mass is 309 g/mol. The summed E-state index contributed by atoms with van der Waals surface area (Å²) in [5.41, 5.74) is 3.03. The van der Waals surface area contributed by atoms with Crippen LogP contribution < -0.4 is 5.32 Å². The Morgan fingerprint density at radius 3 is 2.78 bits per heavy atom. The van der Waals surface area contributed by atoms with Crippen LogP contribution in [-0.2, 0) is 6.42 Å². The number of benzene rings is 1. The number of amides is 1. The number of pyridine rings is 2. The fourth-order valence-corrected chi connectivity index (χ4v) is 2.41. The number of aromatic nitrogens is 2. The Kier molecular flexibility index (Phi) is 4.28. The van der Waals surface area contributed by atoms with Gasteiger partial charge in [0.2, 0.25) is 0 Å². The average Bonchev–Trinajstić information content (AvgIpc) is 2.56. The van der Waals surface area contributed by atoms with Gasteiger partial charge < -0.3 is 5.32 Å². The van der Waals surface area contributed by atoms with Crippen molar-refractivity contribution in [3.8, 4) is 0 Å². The second kappa shape index (κ2) is 6.52. The van der Waals surface area contributed by atoms with E-state index in [1.165, 1.54) is 12.1 Å². The molecule has 0 unspecified atom stereocenters. The number of hydrogen-bond acceptors (Lipinski definition) is 3. The van der Waals surface area contributed by atoms with Gasteiger partial charge in [-0.05, 0) is 43.2 Å². The molecule has 2 heterocycles. The molecule has 0 spiro atoms. The zero-order valence-electron chi connectivity index (χ0n) is 12.7. The van der Waals surface area contributed by atoms with Gasteiger partial charge in [-0.1, -0.05) is 12.1 Å². The topological polar surface area (TPSA) is 54.9 Å². The van der Waals surface area contributed by atoms with Gasteiger partial charge in [0.05, 0.1) is 16.8 Å². The molecule has 0 aliphatic carbocycles. The smallest absolute Gasteiger partial charge is 0.253 e. The molecule has 0 fully saturated rings. The molecule has 0 aliphatic rings. The molecule has 1 amide bonds. The number of aryl methyl sites for hydroxylation is 1. The maximum atomic E-state index is 12.8. The zero-order valence-corrected chi connectivity index (χ0v) is 12.7. The molecule has 3 rings (SSSR count). The van der Waals surface area contributed by atoms with Crippen molar-refractivity contribution < 1.29 is 9.18 Å². The van der Waals surface area contributed by atoms with E-state index in [0.717, 1.165) is 16.5 Å². The van der Waals surface area contributed by atoms with E-state index in [4.69, 9.17) is 0 Å². The fourth-order valence-electron chi connectivity index (χ4n) is 2.41. The molecule has 3 aromatic rings. The molecule has 0 atom stereocenters. The van der Waals surface area contributed by atoms with E-state index >= 15 is 0 Å². The molecule has 2 aromatic heterocycles. The maximum absolute atomic E-state index is 12.8. The van der Waals surface area contributed by atoms with Gasteiger partial charge in [0, 0.05) is 24.3 Å². The number of nitrogens with one attached hydrogen (secondary N) is 1. The lowest BCUT2D eigenvalue weighted by molar-refractivity contribution is 0.0953. The van der Waals surface area contributed by atoms with E-state index in [1.54, 1.807) is 30.6 Å². The van der Waals surface area contributed by atoms with Gasteiger partial charge >= 0.3 is 0 Å². The summed E-state index contributed by atoms with van der Waals surface area (Å²) in [7, 11) is 0. The summed E-state index contributed by atoms with van der Waals surface area (Å²) in [6.07, 6.45) is 4.02. The minimum Gasteiger partial charge on any atom is -0.352 e. The minimum atomic E-state index is -0.260. The Bertz CT molecular complexity index is 847. The summed E-state index contributed by atoms with van der Waals surface area (Å²) < 4.78 is 12.8. The Labute approximate surface area is 133 Å².